The van der Waals surface area contributed by atoms with Crippen LogP contribution >= 0.6 is 0 Å². The van der Waals surface area contributed by atoms with Crippen LogP contribution in [-0.2, 0) is 11.0 Å². The molecule has 1 amide bonds. The van der Waals surface area contributed by atoms with Gasteiger partial charge in [-0.1, -0.05) is 0 Å². The Bertz CT molecular complexity index is 664. The van der Waals surface area contributed by atoms with Crippen LogP contribution in [0, 0.1) is 28.1 Å². The van der Waals surface area contributed by atoms with Crippen LogP contribution in [0.25, 0.3) is 0 Å². The minimum atomic E-state index is -4.56. The van der Waals surface area contributed by atoms with Crippen molar-refractivity contribution in [3.8, 4) is 12.1 Å². The van der Waals surface area contributed by atoms with E-state index < -0.39 is 23.1 Å². The molecule has 1 fully saturated rings. The van der Waals surface area contributed by atoms with E-state index >= 15 is 0 Å². The minimum Gasteiger partial charge on any atom is -0.324 e. The van der Waals surface area contributed by atoms with Crippen LogP contribution in [0.5, 0.6) is 0 Å². The summed E-state index contributed by atoms with van der Waals surface area (Å²) in [5, 5.41) is 20.3. The second-order valence-corrected chi connectivity index (χ2v) is 4.87. The molecular formula is C14H10F3N3O. The summed E-state index contributed by atoms with van der Waals surface area (Å²) in [5.74, 6) is -0.576. The van der Waals surface area contributed by atoms with Gasteiger partial charge in [0, 0.05) is 0 Å². The van der Waals surface area contributed by atoms with Crippen LogP contribution in [0.3, 0.4) is 0 Å². The van der Waals surface area contributed by atoms with Crippen molar-refractivity contribution in [2.75, 3.05) is 5.32 Å². The minimum absolute atomic E-state index is 0.0166. The molecule has 0 aliphatic heterocycles. The molecule has 21 heavy (non-hydrogen) atoms. The standard InChI is InChI=1S/C14H10F3N3O/c15-14(16,17)10-2-3-11(9(6-10)7-18)20-12(21)13(8-19)4-1-5-13/h2-3,6H,1,4-5H2,(H,20,21). The number of carbonyl (C=O) groups excluding carboxylic acids is 1. The number of rotatable bonds is 2. The number of hydrogen-bond acceptors (Lipinski definition) is 3. The third-order valence-electron chi connectivity index (χ3n) is 3.57. The molecule has 4 nitrogen and oxygen atoms in total. The van der Waals surface area contributed by atoms with E-state index in [0.717, 1.165) is 18.6 Å². The smallest absolute Gasteiger partial charge is 0.324 e. The lowest BCUT2D eigenvalue weighted by atomic mass is 9.69. The van der Waals surface area contributed by atoms with Gasteiger partial charge in [0.25, 0.3) is 0 Å². The predicted octanol–water partition coefficient (Wildman–Crippen LogP) is 3.21. The number of amides is 1. The molecule has 1 aliphatic carbocycles. The van der Waals surface area contributed by atoms with E-state index in [1.54, 1.807) is 6.07 Å². The molecule has 1 N–H and O–H groups in total. The van der Waals surface area contributed by atoms with Gasteiger partial charge in [-0.2, -0.15) is 23.7 Å². The summed E-state index contributed by atoms with van der Waals surface area (Å²) >= 11 is 0. The van der Waals surface area contributed by atoms with Crippen molar-refractivity contribution in [3.05, 3.63) is 29.3 Å². The van der Waals surface area contributed by atoms with Crippen molar-refractivity contribution < 1.29 is 18.0 Å². The summed E-state index contributed by atoms with van der Waals surface area (Å²) in [6.45, 7) is 0. The van der Waals surface area contributed by atoms with Crippen LogP contribution < -0.4 is 5.32 Å². The third-order valence-corrected chi connectivity index (χ3v) is 3.57. The molecular weight excluding hydrogens is 283 g/mol. The summed E-state index contributed by atoms with van der Waals surface area (Å²) in [4.78, 5) is 12.0. The fourth-order valence-corrected chi connectivity index (χ4v) is 2.08. The Balaban J connectivity index is 2.28. The van der Waals surface area contributed by atoms with Gasteiger partial charge in [-0.15, -0.1) is 0 Å². The monoisotopic (exact) mass is 293 g/mol. The van der Waals surface area contributed by atoms with Gasteiger partial charge in [-0.25, -0.2) is 0 Å². The van der Waals surface area contributed by atoms with E-state index in [4.69, 9.17) is 10.5 Å². The molecule has 0 spiro atoms. The van der Waals surface area contributed by atoms with Crippen molar-refractivity contribution in [2.24, 2.45) is 5.41 Å². The topological polar surface area (TPSA) is 76.7 Å². The van der Waals surface area contributed by atoms with Crippen molar-refractivity contribution in [1.82, 2.24) is 0 Å². The highest BCUT2D eigenvalue weighted by Crippen LogP contribution is 2.41. The van der Waals surface area contributed by atoms with Gasteiger partial charge in [0.15, 0.2) is 0 Å². The first-order chi connectivity index (χ1) is 9.82. The fourth-order valence-electron chi connectivity index (χ4n) is 2.08. The molecule has 0 saturated heterocycles. The largest absolute Gasteiger partial charge is 0.416 e. The summed E-state index contributed by atoms with van der Waals surface area (Å²) in [6, 6.07) is 6.05. The zero-order valence-electron chi connectivity index (χ0n) is 10.8. The van der Waals surface area contributed by atoms with Crippen molar-refractivity contribution >= 4 is 11.6 Å². The number of nitriles is 2. The molecule has 0 heterocycles. The van der Waals surface area contributed by atoms with Gasteiger partial charge in [0.1, 0.15) is 11.5 Å². The zero-order chi connectivity index (χ0) is 15.7. The maximum atomic E-state index is 12.6. The number of benzene rings is 1. The van der Waals surface area contributed by atoms with Crippen LogP contribution in [0.1, 0.15) is 30.4 Å². The van der Waals surface area contributed by atoms with Gasteiger partial charge >= 0.3 is 6.18 Å². The first-order valence-electron chi connectivity index (χ1n) is 6.16. The normalized spacial score (nSPS) is 16.2. The van der Waals surface area contributed by atoms with Gasteiger partial charge in [0.2, 0.25) is 5.91 Å². The summed E-state index contributed by atoms with van der Waals surface area (Å²) in [5.41, 5.74) is -2.39. The molecule has 1 aliphatic rings. The molecule has 0 aromatic heterocycles. The number of alkyl halides is 3. The van der Waals surface area contributed by atoms with Gasteiger partial charge in [-0.05, 0) is 37.5 Å². The summed E-state index contributed by atoms with van der Waals surface area (Å²) in [6.07, 6.45) is -2.98. The van der Waals surface area contributed by atoms with Gasteiger partial charge in [-0.3, -0.25) is 4.79 Å². The lowest BCUT2D eigenvalue weighted by molar-refractivity contribution is -0.137. The van der Waals surface area contributed by atoms with Crippen LogP contribution in [-0.4, -0.2) is 5.91 Å². The van der Waals surface area contributed by atoms with Crippen LogP contribution in [0.4, 0.5) is 18.9 Å². The van der Waals surface area contributed by atoms with Crippen LogP contribution in [0.15, 0.2) is 18.2 Å². The summed E-state index contributed by atoms with van der Waals surface area (Å²) in [7, 11) is 0. The number of carbonyl (C=O) groups is 1. The SMILES string of the molecule is N#Cc1cc(C(F)(F)F)ccc1NC(=O)C1(C#N)CCC1. The Hall–Kier alpha value is -2.54. The van der Waals surface area contributed by atoms with E-state index in [1.165, 1.54) is 0 Å². The number of halogens is 3. The first-order valence-corrected chi connectivity index (χ1v) is 6.16. The van der Waals surface area contributed by atoms with Crippen molar-refractivity contribution in [2.45, 2.75) is 25.4 Å². The zero-order valence-corrected chi connectivity index (χ0v) is 10.8. The molecule has 0 atom stereocenters. The van der Waals surface area contributed by atoms with E-state index in [2.05, 4.69) is 5.32 Å². The highest BCUT2D eigenvalue weighted by molar-refractivity contribution is 5.98. The average molecular weight is 293 g/mol. The van der Waals surface area contributed by atoms with Crippen molar-refractivity contribution in [3.63, 3.8) is 0 Å². The Morgan fingerprint density at radius 1 is 1.29 bits per heavy atom. The molecule has 0 radical (unpaired) electrons. The number of anilines is 1. The second kappa shape index (κ2) is 5.10. The second-order valence-electron chi connectivity index (χ2n) is 4.87. The Labute approximate surface area is 118 Å². The Morgan fingerprint density at radius 2 is 1.95 bits per heavy atom. The maximum Gasteiger partial charge on any atom is 0.416 e. The third kappa shape index (κ3) is 2.68. The maximum absolute atomic E-state index is 12.6. The number of nitrogens with one attached hydrogen (secondary N) is 1. The molecule has 0 bridgehead atoms. The van der Waals surface area contributed by atoms with Gasteiger partial charge in [0.05, 0.1) is 22.9 Å². The molecule has 0 unspecified atom stereocenters. The fraction of sp³-hybridized carbons (Fsp3) is 0.357. The quantitative estimate of drug-likeness (QED) is 0.909. The molecule has 108 valence electrons. The molecule has 7 heteroatoms. The number of hydrogen-bond donors (Lipinski definition) is 1. The highest BCUT2D eigenvalue weighted by Gasteiger charge is 2.44. The lowest BCUT2D eigenvalue weighted by Crippen LogP contribution is -2.40. The summed E-state index contributed by atoms with van der Waals surface area (Å²) < 4.78 is 37.7. The average Bonchev–Trinajstić information content (AvgIpc) is 2.37. The molecule has 1 aromatic rings. The first kappa shape index (κ1) is 14.9. The lowest BCUT2D eigenvalue weighted by Gasteiger charge is -2.33. The van der Waals surface area contributed by atoms with E-state index in [0.29, 0.717) is 18.9 Å². The highest BCUT2D eigenvalue weighted by atomic mass is 19.4. The van der Waals surface area contributed by atoms with Crippen molar-refractivity contribution in [1.29, 1.82) is 10.5 Å². The molecule has 1 saturated carbocycles. The molecule has 2 rings (SSSR count). The Kier molecular flexibility index (Phi) is 3.61. The van der Waals surface area contributed by atoms with Gasteiger partial charge < -0.3 is 5.32 Å². The van der Waals surface area contributed by atoms with Crippen LogP contribution in [0.2, 0.25) is 0 Å². The predicted molar refractivity (Wildman–Crippen MR) is 66.7 cm³/mol. The molecule has 1 aromatic carbocycles. The number of nitrogens with zero attached hydrogens (tertiary/aromatic N) is 2. The van der Waals surface area contributed by atoms with E-state index in [9.17, 15) is 18.0 Å². The van der Waals surface area contributed by atoms with E-state index in [-0.39, 0.29) is 11.3 Å². The van der Waals surface area contributed by atoms with E-state index in [1.807, 2.05) is 6.07 Å². The Morgan fingerprint density at radius 3 is 2.38 bits per heavy atom.